The molecule has 0 bridgehead atoms. The lowest BCUT2D eigenvalue weighted by molar-refractivity contribution is 0.0954. The second kappa shape index (κ2) is 4.99. The third-order valence-corrected chi connectivity index (χ3v) is 2.70. The Bertz CT molecular complexity index is 283. The topological polar surface area (TPSA) is 49.3 Å². The molecular weight excluding hydrogens is 186 g/mol. The second-order valence-corrected chi connectivity index (χ2v) is 3.68. The van der Waals surface area contributed by atoms with Gasteiger partial charge in [-0.3, -0.25) is 4.79 Å². The lowest BCUT2D eigenvalue weighted by Crippen LogP contribution is -2.24. The summed E-state index contributed by atoms with van der Waals surface area (Å²) >= 11 is 1.44. The van der Waals surface area contributed by atoms with Gasteiger partial charge in [0.2, 0.25) is 0 Å². The highest BCUT2D eigenvalue weighted by molar-refractivity contribution is 7.12. The van der Waals surface area contributed by atoms with Crippen LogP contribution < -0.4 is 5.32 Å². The number of hydrogen-bond donors (Lipinski definition) is 2. The molecule has 0 fully saturated rings. The quantitative estimate of drug-likeness (QED) is 0.715. The first-order valence-electron chi connectivity index (χ1n) is 4.19. The van der Waals surface area contributed by atoms with E-state index in [1.165, 1.54) is 11.3 Å². The minimum Gasteiger partial charge on any atom is -0.396 e. The van der Waals surface area contributed by atoms with E-state index in [-0.39, 0.29) is 12.5 Å². The van der Waals surface area contributed by atoms with E-state index in [1.54, 1.807) is 0 Å². The summed E-state index contributed by atoms with van der Waals surface area (Å²) in [6, 6.07) is 1.92. The monoisotopic (exact) mass is 199 g/mol. The highest BCUT2D eigenvalue weighted by Crippen LogP contribution is 2.14. The predicted octanol–water partition coefficient (Wildman–Crippen LogP) is 1.17. The number of aliphatic hydroxyl groups excluding tert-OH is 1. The van der Waals surface area contributed by atoms with Crippen LogP contribution in [0, 0.1) is 6.92 Å². The third-order valence-electron chi connectivity index (χ3n) is 1.69. The van der Waals surface area contributed by atoms with Crippen LogP contribution in [0.3, 0.4) is 0 Å². The molecule has 1 rings (SSSR count). The van der Waals surface area contributed by atoms with Crippen molar-refractivity contribution in [1.82, 2.24) is 5.32 Å². The van der Waals surface area contributed by atoms with Crippen LogP contribution in [0.2, 0.25) is 0 Å². The largest absolute Gasteiger partial charge is 0.396 e. The molecule has 0 spiro atoms. The number of carbonyl (C=O) groups excluding carboxylic acids is 1. The maximum Gasteiger partial charge on any atom is 0.261 e. The van der Waals surface area contributed by atoms with E-state index >= 15 is 0 Å². The average molecular weight is 199 g/mol. The number of amides is 1. The average Bonchev–Trinajstić information content (AvgIpc) is 2.52. The molecule has 2 N–H and O–H groups in total. The van der Waals surface area contributed by atoms with Crippen LogP contribution in [0.15, 0.2) is 11.4 Å². The molecule has 1 aromatic heterocycles. The summed E-state index contributed by atoms with van der Waals surface area (Å²) in [5.74, 6) is -0.0408. The normalized spacial score (nSPS) is 10.0. The summed E-state index contributed by atoms with van der Waals surface area (Å²) in [5.41, 5.74) is 1.01. The molecule has 4 heteroatoms. The van der Waals surface area contributed by atoms with Crippen molar-refractivity contribution in [2.45, 2.75) is 13.3 Å². The number of nitrogens with one attached hydrogen (secondary N) is 1. The number of carbonyl (C=O) groups is 1. The van der Waals surface area contributed by atoms with Crippen LogP contribution in [-0.2, 0) is 0 Å². The van der Waals surface area contributed by atoms with Crippen LogP contribution in [0.4, 0.5) is 0 Å². The van der Waals surface area contributed by atoms with Gasteiger partial charge in [-0.25, -0.2) is 0 Å². The lowest BCUT2D eigenvalue weighted by Gasteiger charge is -2.02. The minimum atomic E-state index is -0.0408. The van der Waals surface area contributed by atoms with E-state index in [2.05, 4.69) is 5.32 Å². The fourth-order valence-corrected chi connectivity index (χ4v) is 1.81. The van der Waals surface area contributed by atoms with Crippen molar-refractivity contribution in [3.63, 3.8) is 0 Å². The molecule has 0 aliphatic heterocycles. The molecule has 0 aromatic carbocycles. The molecule has 0 unspecified atom stereocenters. The first-order chi connectivity index (χ1) is 6.25. The van der Waals surface area contributed by atoms with Crippen molar-refractivity contribution in [2.24, 2.45) is 0 Å². The molecule has 0 radical (unpaired) electrons. The summed E-state index contributed by atoms with van der Waals surface area (Å²) in [5, 5.41) is 13.2. The molecule has 13 heavy (non-hydrogen) atoms. The zero-order valence-corrected chi connectivity index (χ0v) is 8.36. The molecule has 0 atom stereocenters. The molecule has 1 heterocycles. The molecule has 0 saturated heterocycles. The fourth-order valence-electron chi connectivity index (χ4n) is 0.967. The summed E-state index contributed by atoms with van der Waals surface area (Å²) in [4.78, 5) is 12.2. The van der Waals surface area contributed by atoms with Gasteiger partial charge in [-0.2, -0.15) is 0 Å². The van der Waals surface area contributed by atoms with Crippen molar-refractivity contribution in [3.8, 4) is 0 Å². The van der Waals surface area contributed by atoms with E-state index in [4.69, 9.17) is 5.11 Å². The van der Waals surface area contributed by atoms with Crippen LogP contribution in [0.5, 0.6) is 0 Å². The molecule has 0 aliphatic carbocycles. The summed E-state index contributed by atoms with van der Waals surface area (Å²) in [6.07, 6.45) is 0.607. The molecule has 1 amide bonds. The van der Waals surface area contributed by atoms with Gasteiger partial charge in [-0.15, -0.1) is 11.3 Å². The highest BCUT2D eigenvalue weighted by Gasteiger charge is 2.08. The Hall–Kier alpha value is -0.870. The number of aliphatic hydroxyl groups is 1. The standard InChI is InChI=1S/C9H13NO2S/c1-7-3-6-13-8(7)9(12)10-4-2-5-11/h3,6,11H,2,4-5H2,1H3,(H,10,12). The van der Waals surface area contributed by atoms with Gasteiger partial charge in [0.25, 0.3) is 5.91 Å². The van der Waals surface area contributed by atoms with Crippen molar-refractivity contribution in [3.05, 3.63) is 21.9 Å². The molecule has 72 valence electrons. The van der Waals surface area contributed by atoms with E-state index in [0.717, 1.165) is 10.4 Å². The summed E-state index contributed by atoms with van der Waals surface area (Å²) < 4.78 is 0. The number of aryl methyl sites for hydroxylation is 1. The highest BCUT2D eigenvalue weighted by atomic mass is 32.1. The van der Waals surface area contributed by atoms with Gasteiger partial charge in [0, 0.05) is 13.2 Å². The SMILES string of the molecule is Cc1ccsc1C(=O)NCCCO. The Kier molecular flexibility index (Phi) is 3.92. The van der Waals surface area contributed by atoms with Gasteiger partial charge < -0.3 is 10.4 Å². The van der Waals surface area contributed by atoms with Crippen molar-refractivity contribution < 1.29 is 9.90 Å². The molecule has 0 saturated carbocycles. The van der Waals surface area contributed by atoms with Gasteiger partial charge >= 0.3 is 0 Å². The maximum absolute atomic E-state index is 11.4. The van der Waals surface area contributed by atoms with Crippen molar-refractivity contribution in [1.29, 1.82) is 0 Å². The van der Waals surface area contributed by atoms with Gasteiger partial charge in [-0.1, -0.05) is 0 Å². The zero-order chi connectivity index (χ0) is 9.68. The Morgan fingerprint density at radius 3 is 3.00 bits per heavy atom. The van der Waals surface area contributed by atoms with E-state index in [0.29, 0.717) is 13.0 Å². The number of hydrogen-bond acceptors (Lipinski definition) is 3. The Labute approximate surface area is 81.4 Å². The second-order valence-electron chi connectivity index (χ2n) is 2.77. The van der Waals surface area contributed by atoms with Gasteiger partial charge in [0.1, 0.15) is 0 Å². The van der Waals surface area contributed by atoms with Crippen molar-refractivity contribution >= 4 is 17.2 Å². The van der Waals surface area contributed by atoms with Crippen LogP contribution in [0.1, 0.15) is 21.7 Å². The Morgan fingerprint density at radius 1 is 1.69 bits per heavy atom. The maximum atomic E-state index is 11.4. The smallest absolute Gasteiger partial charge is 0.261 e. The predicted molar refractivity (Wildman–Crippen MR) is 53.1 cm³/mol. The van der Waals surface area contributed by atoms with Gasteiger partial charge in [0.05, 0.1) is 4.88 Å². The van der Waals surface area contributed by atoms with Crippen molar-refractivity contribution in [2.75, 3.05) is 13.2 Å². The molecule has 1 aromatic rings. The zero-order valence-electron chi connectivity index (χ0n) is 7.54. The van der Waals surface area contributed by atoms with E-state index in [1.807, 2.05) is 18.4 Å². The molecule has 3 nitrogen and oxygen atoms in total. The van der Waals surface area contributed by atoms with Gasteiger partial charge in [0.15, 0.2) is 0 Å². The lowest BCUT2D eigenvalue weighted by atomic mass is 10.3. The number of rotatable bonds is 4. The number of thiophene rings is 1. The summed E-state index contributed by atoms with van der Waals surface area (Å²) in [6.45, 7) is 2.56. The molecule has 0 aliphatic rings. The summed E-state index contributed by atoms with van der Waals surface area (Å²) in [7, 11) is 0. The molecular formula is C9H13NO2S. The first kappa shape index (κ1) is 10.2. The van der Waals surface area contributed by atoms with E-state index < -0.39 is 0 Å². The first-order valence-corrected chi connectivity index (χ1v) is 5.07. The Balaban J connectivity index is 2.45. The third kappa shape index (κ3) is 2.82. The Morgan fingerprint density at radius 2 is 2.46 bits per heavy atom. The van der Waals surface area contributed by atoms with E-state index in [9.17, 15) is 4.79 Å². The minimum absolute atomic E-state index is 0.0408. The van der Waals surface area contributed by atoms with Crippen LogP contribution in [-0.4, -0.2) is 24.2 Å². The van der Waals surface area contributed by atoms with Crippen LogP contribution >= 0.6 is 11.3 Å². The van der Waals surface area contributed by atoms with Gasteiger partial charge in [-0.05, 0) is 30.4 Å². The van der Waals surface area contributed by atoms with Crippen LogP contribution in [0.25, 0.3) is 0 Å². The fraction of sp³-hybridized carbons (Fsp3) is 0.444.